The lowest BCUT2D eigenvalue weighted by atomic mass is 10.3. The van der Waals surface area contributed by atoms with Crippen LogP contribution in [0.1, 0.15) is 12.0 Å². The predicted octanol–water partition coefficient (Wildman–Crippen LogP) is -0.838. The lowest BCUT2D eigenvalue weighted by Crippen LogP contribution is -2.28. The minimum absolute atomic E-state index is 0.116. The van der Waals surface area contributed by atoms with E-state index in [9.17, 15) is 4.79 Å². The molecular weight excluding hydrogens is 186 g/mol. The van der Waals surface area contributed by atoms with Crippen LogP contribution < -0.4 is 11.1 Å². The second kappa shape index (κ2) is 4.85. The first kappa shape index (κ1) is 10.0. The molecule has 0 radical (unpaired) electrons. The Morgan fingerprint density at radius 2 is 2.57 bits per heavy atom. The van der Waals surface area contributed by atoms with E-state index >= 15 is 0 Å². The number of aromatic amines is 1. The number of amides is 1. The van der Waals surface area contributed by atoms with Gasteiger partial charge in [-0.25, -0.2) is 0 Å². The first-order valence-corrected chi connectivity index (χ1v) is 3.93. The molecule has 5 N–H and O–H groups in total. The third-order valence-electron chi connectivity index (χ3n) is 1.51. The number of nitrogens with two attached hydrogens (primary N) is 1. The van der Waals surface area contributed by atoms with Gasteiger partial charge in [-0.15, -0.1) is 0 Å². The van der Waals surface area contributed by atoms with E-state index < -0.39 is 0 Å². The fraction of sp³-hybridized carbons (Fsp3) is 0.286. The highest BCUT2D eigenvalue weighted by atomic mass is 16.4. The summed E-state index contributed by atoms with van der Waals surface area (Å²) in [7, 11) is 0. The van der Waals surface area contributed by atoms with Crippen molar-refractivity contribution in [3.63, 3.8) is 0 Å². The summed E-state index contributed by atoms with van der Waals surface area (Å²) in [6.45, 7) is 0.369. The maximum Gasteiger partial charge on any atom is 0.227 e. The van der Waals surface area contributed by atoms with Crippen molar-refractivity contribution in [1.82, 2.24) is 15.5 Å². The molecule has 0 bridgehead atoms. The van der Waals surface area contributed by atoms with Crippen molar-refractivity contribution in [1.29, 1.82) is 0 Å². The third-order valence-corrected chi connectivity index (χ3v) is 1.51. The maximum atomic E-state index is 11.1. The average Bonchev–Trinajstić information content (AvgIpc) is 2.67. The summed E-state index contributed by atoms with van der Waals surface area (Å²) in [4.78, 5) is 11.1. The summed E-state index contributed by atoms with van der Waals surface area (Å²) < 4.78 is 0. The highest BCUT2D eigenvalue weighted by Crippen LogP contribution is 1.92. The monoisotopic (exact) mass is 197 g/mol. The predicted molar refractivity (Wildman–Crippen MR) is 48.5 cm³/mol. The molecule has 7 heteroatoms. The van der Waals surface area contributed by atoms with Gasteiger partial charge in [-0.3, -0.25) is 9.89 Å². The van der Waals surface area contributed by atoms with E-state index in [4.69, 9.17) is 10.9 Å². The average molecular weight is 197 g/mol. The molecule has 0 aliphatic carbocycles. The quantitative estimate of drug-likeness (QED) is 0.218. The number of carbonyl (C=O) groups is 1. The highest BCUT2D eigenvalue weighted by molar-refractivity contribution is 5.98. The van der Waals surface area contributed by atoms with Gasteiger partial charge in [0.05, 0.1) is 12.6 Å². The van der Waals surface area contributed by atoms with Crippen molar-refractivity contribution < 1.29 is 10.0 Å². The Morgan fingerprint density at radius 3 is 3.14 bits per heavy atom. The number of hydrogen-bond donors (Lipinski definition) is 4. The number of amidine groups is 1. The summed E-state index contributed by atoms with van der Waals surface area (Å²) in [6.07, 6.45) is 3.15. The van der Waals surface area contributed by atoms with Crippen LogP contribution in [-0.4, -0.2) is 27.1 Å². The standard InChI is InChI=1S/C7H11N5O2/c8-6(12-14)1-7(13)9-2-5-3-10-11-4-5/h3-4,14H,1-2H2,(H2,8,12)(H,9,13)(H,10,11). The van der Waals surface area contributed by atoms with E-state index in [1.54, 1.807) is 12.4 Å². The number of nitrogens with one attached hydrogen (secondary N) is 2. The summed E-state index contributed by atoms with van der Waals surface area (Å²) in [6, 6.07) is 0. The van der Waals surface area contributed by atoms with Gasteiger partial charge in [-0.05, 0) is 0 Å². The van der Waals surface area contributed by atoms with E-state index in [-0.39, 0.29) is 18.2 Å². The van der Waals surface area contributed by atoms with Gasteiger partial charge in [0, 0.05) is 18.3 Å². The Kier molecular flexibility index (Phi) is 3.48. The molecule has 0 spiro atoms. The number of hydrogen-bond acceptors (Lipinski definition) is 4. The number of oxime groups is 1. The second-order valence-corrected chi connectivity index (χ2v) is 2.65. The normalized spacial score (nSPS) is 11.3. The third kappa shape index (κ3) is 3.13. The molecule has 76 valence electrons. The molecule has 0 saturated heterocycles. The topological polar surface area (TPSA) is 116 Å². The van der Waals surface area contributed by atoms with E-state index in [0.29, 0.717) is 6.54 Å². The van der Waals surface area contributed by atoms with Gasteiger partial charge in [0.2, 0.25) is 5.91 Å². The number of rotatable bonds is 4. The second-order valence-electron chi connectivity index (χ2n) is 2.65. The number of aromatic nitrogens is 2. The minimum Gasteiger partial charge on any atom is -0.409 e. The molecule has 0 saturated carbocycles. The van der Waals surface area contributed by atoms with Crippen LogP contribution in [0.4, 0.5) is 0 Å². The van der Waals surface area contributed by atoms with Crippen molar-refractivity contribution >= 4 is 11.7 Å². The molecule has 0 unspecified atom stereocenters. The molecular formula is C7H11N5O2. The Bertz CT molecular complexity index is 319. The molecule has 1 aromatic heterocycles. The molecule has 14 heavy (non-hydrogen) atoms. The number of carbonyl (C=O) groups excluding carboxylic acids is 1. The molecule has 0 aliphatic rings. The molecule has 1 rings (SSSR count). The first-order valence-electron chi connectivity index (χ1n) is 3.93. The molecule has 0 aliphatic heterocycles. The highest BCUT2D eigenvalue weighted by Gasteiger charge is 2.04. The smallest absolute Gasteiger partial charge is 0.227 e. The Balaban J connectivity index is 2.29. The van der Waals surface area contributed by atoms with Gasteiger partial charge in [0.15, 0.2) is 0 Å². The summed E-state index contributed by atoms with van der Waals surface area (Å²) in [5.74, 6) is -0.420. The van der Waals surface area contributed by atoms with Crippen LogP contribution in [0.3, 0.4) is 0 Å². The maximum absolute atomic E-state index is 11.1. The van der Waals surface area contributed by atoms with Gasteiger partial charge in [-0.1, -0.05) is 5.16 Å². The van der Waals surface area contributed by atoms with Crippen LogP contribution in [0.5, 0.6) is 0 Å². The van der Waals surface area contributed by atoms with Crippen LogP contribution in [0.25, 0.3) is 0 Å². The van der Waals surface area contributed by atoms with Gasteiger partial charge in [0.1, 0.15) is 5.84 Å². The van der Waals surface area contributed by atoms with Gasteiger partial charge >= 0.3 is 0 Å². The fourth-order valence-corrected chi connectivity index (χ4v) is 0.837. The molecule has 1 heterocycles. The van der Waals surface area contributed by atoms with Crippen molar-refractivity contribution in [2.75, 3.05) is 0 Å². The first-order chi connectivity index (χ1) is 6.72. The summed E-state index contributed by atoms with van der Waals surface area (Å²) in [5.41, 5.74) is 6.00. The molecule has 0 atom stereocenters. The van der Waals surface area contributed by atoms with E-state index in [1.807, 2.05) is 0 Å². The van der Waals surface area contributed by atoms with Crippen LogP contribution in [0, 0.1) is 0 Å². The summed E-state index contributed by atoms with van der Waals surface area (Å²) >= 11 is 0. The fourth-order valence-electron chi connectivity index (χ4n) is 0.837. The Labute approximate surface area is 80.0 Å². The van der Waals surface area contributed by atoms with E-state index in [0.717, 1.165) is 5.56 Å². The van der Waals surface area contributed by atoms with Crippen LogP contribution in [0.15, 0.2) is 17.5 Å². The Hall–Kier alpha value is -2.05. The van der Waals surface area contributed by atoms with Crippen LogP contribution >= 0.6 is 0 Å². The van der Waals surface area contributed by atoms with Crippen molar-refractivity contribution in [3.05, 3.63) is 18.0 Å². The Morgan fingerprint density at radius 1 is 1.79 bits per heavy atom. The molecule has 1 aromatic rings. The SMILES string of the molecule is NC(CC(=O)NCc1cn[nH]c1)=NO. The van der Waals surface area contributed by atoms with Gasteiger partial charge in [-0.2, -0.15) is 5.10 Å². The molecule has 0 fully saturated rings. The lowest BCUT2D eigenvalue weighted by Gasteiger charge is -2.01. The number of H-pyrrole nitrogens is 1. The zero-order valence-electron chi connectivity index (χ0n) is 7.40. The van der Waals surface area contributed by atoms with Gasteiger partial charge < -0.3 is 16.3 Å². The van der Waals surface area contributed by atoms with Gasteiger partial charge in [0.25, 0.3) is 0 Å². The zero-order chi connectivity index (χ0) is 10.4. The minimum atomic E-state index is -0.304. The zero-order valence-corrected chi connectivity index (χ0v) is 7.40. The molecule has 0 aromatic carbocycles. The van der Waals surface area contributed by atoms with Crippen LogP contribution in [-0.2, 0) is 11.3 Å². The lowest BCUT2D eigenvalue weighted by molar-refractivity contribution is -0.120. The molecule has 1 amide bonds. The van der Waals surface area contributed by atoms with E-state index in [2.05, 4.69) is 20.7 Å². The summed E-state index contributed by atoms with van der Waals surface area (Å²) in [5, 5.41) is 19.8. The van der Waals surface area contributed by atoms with Crippen molar-refractivity contribution in [3.8, 4) is 0 Å². The largest absolute Gasteiger partial charge is 0.409 e. The van der Waals surface area contributed by atoms with E-state index in [1.165, 1.54) is 0 Å². The number of nitrogens with zero attached hydrogens (tertiary/aromatic N) is 2. The van der Waals surface area contributed by atoms with Crippen molar-refractivity contribution in [2.45, 2.75) is 13.0 Å². The van der Waals surface area contributed by atoms with Crippen LogP contribution in [0.2, 0.25) is 0 Å². The van der Waals surface area contributed by atoms with Crippen molar-refractivity contribution in [2.24, 2.45) is 10.9 Å². The molecule has 7 nitrogen and oxygen atoms in total.